The van der Waals surface area contributed by atoms with Crippen molar-refractivity contribution in [2.75, 3.05) is 6.54 Å². The summed E-state index contributed by atoms with van der Waals surface area (Å²) in [5, 5.41) is 9.37. The van der Waals surface area contributed by atoms with Gasteiger partial charge in [-0.15, -0.1) is 0 Å². The molecule has 1 aromatic rings. The van der Waals surface area contributed by atoms with Crippen molar-refractivity contribution in [2.24, 2.45) is 11.8 Å². The summed E-state index contributed by atoms with van der Waals surface area (Å²) in [4.78, 5) is 25.3. The summed E-state index contributed by atoms with van der Waals surface area (Å²) in [7, 11) is 0. The fourth-order valence-corrected chi connectivity index (χ4v) is 3.32. The minimum Gasteiger partial charge on any atom is -0.481 e. The molecule has 0 bridgehead atoms. The quantitative estimate of drug-likeness (QED) is 0.858. The van der Waals surface area contributed by atoms with Crippen LogP contribution in [-0.4, -0.2) is 28.4 Å². The summed E-state index contributed by atoms with van der Waals surface area (Å²) in [6, 6.07) is 4.46. The van der Waals surface area contributed by atoms with Crippen molar-refractivity contribution in [1.29, 1.82) is 0 Å². The van der Waals surface area contributed by atoms with Gasteiger partial charge in [0.25, 0.3) is 0 Å². The number of carbonyl (C=O) groups excluding carboxylic acids is 1. The smallest absolute Gasteiger partial charge is 0.306 e. The first-order valence-corrected chi connectivity index (χ1v) is 8.26. The Morgan fingerprint density at radius 1 is 1.35 bits per heavy atom. The van der Waals surface area contributed by atoms with Crippen molar-refractivity contribution in [3.8, 4) is 0 Å². The molecule has 1 amide bonds. The first-order chi connectivity index (χ1) is 10.9. The Kier molecular flexibility index (Phi) is 5.99. The van der Waals surface area contributed by atoms with E-state index < -0.39 is 17.7 Å². The molecule has 0 saturated heterocycles. The van der Waals surface area contributed by atoms with E-state index in [-0.39, 0.29) is 18.4 Å². The predicted molar refractivity (Wildman–Crippen MR) is 85.6 cm³/mol. The number of amides is 1. The lowest BCUT2D eigenvalue weighted by molar-refractivity contribution is -0.141. The Bertz CT molecular complexity index is 573. The van der Waals surface area contributed by atoms with E-state index in [2.05, 4.69) is 0 Å². The van der Waals surface area contributed by atoms with Crippen LogP contribution in [0.2, 0.25) is 5.02 Å². The monoisotopic (exact) mass is 341 g/mol. The van der Waals surface area contributed by atoms with E-state index in [1.807, 2.05) is 6.92 Å². The van der Waals surface area contributed by atoms with Crippen LogP contribution in [0.25, 0.3) is 0 Å². The molecule has 1 aliphatic rings. The van der Waals surface area contributed by atoms with E-state index in [4.69, 9.17) is 16.7 Å². The van der Waals surface area contributed by atoms with Gasteiger partial charge in [0.1, 0.15) is 5.82 Å². The third-order valence-electron chi connectivity index (χ3n) is 4.35. The summed E-state index contributed by atoms with van der Waals surface area (Å²) >= 11 is 6.05. The van der Waals surface area contributed by atoms with Gasteiger partial charge in [-0.2, -0.15) is 0 Å². The topological polar surface area (TPSA) is 57.6 Å². The molecule has 0 aromatic heterocycles. The summed E-state index contributed by atoms with van der Waals surface area (Å²) in [5.74, 6) is -2.13. The highest BCUT2D eigenvalue weighted by atomic mass is 35.5. The van der Waals surface area contributed by atoms with Gasteiger partial charge in [-0.3, -0.25) is 9.59 Å². The van der Waals surface area contributed by atoms with Gasteiger partial charge in [-0.05, 0) is 37.8 Å². The van der Waals surface area contributed by atoms with Crippen LogP contribution < -0.4 is 0 Å². The van der Waals surface area contributed by atoms with Crippen LogP contribution >= 0.6 is 11.6 Å². The van der Waals surface area contributed by atoms with Gasteiger partial charge >= 0.3 is 5.97 Å². The maximum absolute atomic E-state index is 14.0. The van der Waals surface area contributed by atoms with Crippen molar-refractivity contribution in [3.63, 3.8) is 0 Å². The van der Waals surface area contributed by atoms with E-state index in [0.29, 0.717) is 36.4 Å². The van der Waals surface area contributed by atoms with Gasteiger partial charge in [-0.1, -0.05) is 24.6 Å². The summed E-state index contributed by atoms with van der Waals surface area (Å²) in [6.45, 7) is 2.56. The fourth-order valence-electron chi connectivity index (χ4n) is 3.10. The molecule has 0 heterocycles. The molecular weight excluding hydrogens is 321 g/mol. The Morgan fingerprint density at radius 2 is 2.04 bits per heavy atom. The molecular formula is C17H21ClFNO3. The molecule has 0 unspecified atom stereocenters. The molecule has 1 aromatic carbocycles. The van der Waals surface area contributed by atoms with E-state index in [9.17, 15) is 14.0 Å². The largest absolute Gasteiger partial charge is 0.481 e. The number of hydrogen-bond donors (Lipinski definition) is 1. The van der Waals surface area contributed by atoms with Crippen LogP contribution in [0.3, 0.4) is 0 Å². The summed E-state index contributed by atoms with van der Waals surface area (Å²) < 4.78 is 14.0. The molecule has 0 aliphatic heterocycles. The molecule has 23 heavy (non-hydrogen) atoms. The standard InChI is InChI=1S/C17H21ClFNO3/c1-2-8-20(10-13-14(18)4-3-5-15(13)19)16(21)11-6-7-12(9-11)17(22)23/h3-5,11-12H,2,6-10H2,1H3,(H,22,23)/t11-,12+/m1/s1. The third-order valence-corrected chi connectivity index (χ3v) is 4.70. The lowest BCUT2D eigenvalue weighted by Gasteiger charge is -2.26. The number of rotatable bonds is 6. The lowest BCUT2D eigenvalue weighted by Crippen LogP contribution is -2.36. The van der Waals surface area contributed by atoms with Crippen molar-refractivity contribution >= 4 is 23.5 Å². The average Bonchev–Trinajstić information content (AvgIpc) is 2.99. The number of halogens is 2. The second-order valence-electron chi connectivity index (χ2n) is 6.01. The maximum atomic E-state index is 14.0. The minimum absolute atomic E-state index is 0.102. The second kappa shape index (κ2) is 7.77. The Hall–Kier alpha value is -1.62. The average molecular weight is 342 g/mol. The van der Waals surface area contributed by atoms with E-state index in [1.165, 1.54) is 12.1 Å². The van der Waals surface area contributed by atoms with E-state index in [1.54, 1.807) is 11.0 Å². The van der Waals surface area contributed by atoms with Crippen LogP contribution in [0.15, 0.2) is 18.2 Å². The molecule has 4 nitrogen and oxygen atoms in total. The zero-order valence-electron chi connectivity index (χ0n) is 13.1. The van der Waals surface area contributed by atoms with Crippen molar-refractivity contribution in [1.82, 2.24) is 4.90 Å². The number of hydrogen-bond acceptors (Lipinski definition) is 2. The molecule has 0 spiro atoms. The normalized spacial score (nSPS) is 20.5. The van der Waals surface area contributed by atoms with Gasteiger partial charge in [0.15, 0.2) is 0 Å². The van der Waals surface area contributed by atoms with Gasteiger partial charge in [0.05, 0.1) is 5.92 Å². The van der Waals surface area contributed by atoms with Gasteiger partial charge < -0.3 is 10.0 Å². The zero-order valence-corrected chi connectivity index (χ0v) is 13.9. The Morgan fingerprint density at radius 3 is 2.61 bits per heavy atom. The van der Waals surface area contributed by atoms with Crippen LogP contribution in [0.5, 0.6) is 0 Å². The highest BCUT2D eigenvalue weighted by molar-refractivity contribution is 6.31. The first kappa shape index (κ1) is 17.7. The van der Waals surface area contributed by atoms with Crippen LogP contribution in [-0.2, 0) is 16.1 Å². The molecule has 1 saturated carbocycles. The number of carboxylic acid groups (broad SMARTS) is 1. The minimum atomic E-state index is -0.848. The van der Waals surface area contributed by atoms with Crippen molar-refractivity contribution < 1.29 is 19.1 Å². The number of benzene rings is 1. The molecule has 1 aliphatic carbocycles. The fraction of sp³-hybridized carbons (Fsp3) is 0.529. The van der Waals surface area contributed by atoms with Crippen molar-refractivity contribution in [3.05, 3.63) is 34.6 Å². The van der Waals surface area contributed by atoms with Gasteiger partial charge in [0, 0.05) is 29.6 Å². The van der Waals surface area contributed by atoms with Crippen molar-refractivity contribution in [2.45, 2.75) is 39.2 Å². The van der Waals surface area contributed by atoms with Gasteiger partial charge in [-0.25, -0.2) is 4.39 Å². The first-order valence-electron chi connectivity index (χ1n) is 7.88. The molecule has 2 rings (SSSR count). The molecule has 6 heteroatoms. The molecule has 2 atom stereocenters. The number of carboxylic acids is 1. The molecule has 126 valence electrons. The summed E-state index contributed by atoms with van der Waals surface area (Å²) in [5.41, 5.74) is 0.309. The molecule has 1 N–H and O–H groups in total. The highest BCUT2D eigenvalue weighted by Gasteiger charge is 2.36. The van der Waals surface area contributed by atoms with E-state index >= 15 is 0 Å². The number of carbonyl (C=O) groups is 2. The van der Waals surface area contributed by atoms with Gasteiger partial charge in [0.2, 0.25) is 5.91 Å². The highest BCUT2D eigenvalue weighted by Crippen LogP contribution is 2.33. The summed E-state index contributed by atoms with van der Waals surface area (Å²) in [6.07, 6.45) is 2.19. The molecule has 0 radical (unpaired) electrons. The predicted octanol–water partition coefficient (Wildman–Crippen LogP) is 3.72. The Labute approximate surface area is 140 Å². The lowest BCUT2D eigenvalue weighted by atomic mass is 10.0. The van der Waals surface area contributed by atoms with Crippen LogP contribution in [0.4, 0.5) is 4.39 Å². The number of aliphatic carboxylic acids is 1. The zero-order chi connectivity index (χ0) is 17.0. The SMILES string of the molecule is CCCN(Cc1c(F)cccc1Cl)C(=O)[C@@H]1CC[C@H](C(=O)O)C1. The maximum Gasteiger partial charge on any atom is 0.306 e. The van der Waals surface area contributed by atoms with Crippen LogP contribution in [0.1, 0.15) is 38.2 Å². The third kappa shape index (κ3) is 4.22. The number of nitrogens with zero attached hydrogens (tertiary/aromatic N) is 1. The van der Waals surface area contributed by atoms with Crippen LogP contribution in [0, 0.1) is 17.7 Å². The molecule has 1 fully saturated rings. The Balaban J connectivity index is 2.12. The second-order valence-corrected chi connectivity index (χ2v) is 6.41. The van der Waals surface area contributed by atoms with E-state index in [0.717, 1.165) is 6.42 Å².